The third-order valence-electron chi connectivity index (χ3n) is 4.50. The van der Waals surface area contributed by atoms with Crippen molar-refractivity contribution in [1.29, 1.82) is 0 Å². The van der Waals surface area contributed by atoms with Gasteiger partial charge in [0.05, 0.1) is 14.2 Å². The molecule has 0 bridgehead atoms. The number of hydrogen-bond donors (Lipinski definition) is 1. The third-order valence-corrected chi connectivity index (χ3v) is 4.50. The Bertz CT molecular complexity index is 751. The summed E-state index contributed by atoms with van der Waals surface area (Å²) >= 11 is 0. The molecule has 0 aromatic heterocycles. The largest absolute Gasteiger partial charge is 0.507 e. The molecule has 132 valence electrons. The van der Waals surface area contributed by atoms with Crippen molar-refractivity contribution >= 4 is 5.91 Å². The maximum absolute atomic E-state index is 14.0. The minimum absolute atomic E-state index is 0.274. The van der Waals surface area contributed by atoms with Gasteiger partial charge in [-0.2, -0.15) is 0 Å². The lowest BCUT2D eigenvalue weighted by atomic mass is 10.0. The maximum atomic E-state index is 14.0. The second-order valence-electron chi connectivity index (χ2n) is 5.90. The summed E-state index contributed by atoms with van der Waals surface area (Å²) in [5.41, 5.74) is 1.88. The highest BCUT2D eigenvalue weighted by Gasteiger charge is 2.25. The number of halogens is 1. The number of ether oxygens (including phenoxy) is 2. The molecule has 0 saturated heterocycles. The van der Waals surface area contributed by atoms with Crippen LogP contribution < -0.4 is 9.47 Å². The zero-order chi connectivity index (χ0) is 18.0. The molecule has 1 amide bonds. The topological polar surface area (TPSA) is 59.0 Å². The number of methoxy groups -OCH3 is 2. The highest BCUT2D eigenvalue weighted by molar-refractivity contribution is 5.97. The van der Waals surface area contributed by atoms with Crippen LogP contribution >= 0.6 is 0 Å². The van der Waals surface area contributed by atoms with Crippen molar-refractivity contribution in [2.24, 2.45) is 0 Å². The van der Waals surface area contributed by atoms with Crippen LogP contribution in [-0.2, 0) is 12.8 Å². The monoisotopic (exact) mass is 345 g/mol. The summed E-state index contributed by atoms with van der Waals surface area (Å²) in [6.45, 7) is 0.879. The third kappa shape index (κ3) is 3.24. The molecule has 0 unspecified atom stereocenters. The van der Waals surface area contributed by atoms with E-state index in [2.05, 4.69) is 0 Å². The first-order valence-corrected chi connectivity index (χ1v) is 8.05. The number of carbonyl (C=O) groups excluding carboxylic acids is 1. The number of hydrogen-bond acceptors (Lipinski definition) is 4. The Kier molecular flexibility index (Phi) is 4.79. The van der Waals surface area contributed by atoms with E-state index in [-0.39, 0.29) is 11.3 Å². The molecule has 5 nitrogen and oxygen atoms in total. The van der Waals surface area contributed by atoms with Crippen LogP contribution in [0.2, 0.25) is 0 Å². The van der Waals surface area contributed by atoms with Gasteiger partial charge in [0.1, 0.15) is 17.1 Å². The summed E-state index contributed by atoms with van der Waals surface area (Å²) in [5.74, 6) is -0.256. The minimum Gasteiger partial charge on any atom is -0.507 e. The molecule has 2 aromatic rings. The van der Waals surface area contributed by atoms with Crippen LogP contribution in [0.25, 0.3) is 0 Å². The molecule has 6 heteroatoms. The van der Waals surface area contributed by atoms with E-state index in [9.17, 15) is 14.3 Å². The van der Waals surface area contributed by atoms with Gasteiger partial charge in [0, 0.05) is 13.1 Å². The second kappa shape index (κ2) is 7.01. The van der Waals surface area contributed by atoms with Crippen molar-refractivity contribution < 1.29 is 23.8 Å². The summed E-state index contributed by atoms with van der Waals surface area (Å²) in [4.78, 5) is 14.2. The fourth-order valence-corrected chi connectivity index (χ4v) is 3.14. The van der Waals surface area contributed by atoms with Gasteiger partial charge in [-0.25, -0.2) is 4.39 Å². The number of carbonyl (C=O) groups is 1. The van der Waals surface area contributed by atoms with Crippen molar-refractivity contribution in [1.82, 2.24) is 4.90 Å². The second-order valence-corrected chi connectivity index (χ2v) is 5.90. The van der Waals surface area contributed by atoms with Gasteiger partial charge in [0.25, 0.3) is 5.91 Å². The van der Waals surface area contributed by atoms with Gasteiger partial charge in [-0.1, -0.05) is 6.07 Å². The van der Waals surface area contributed by atoms with Crippen molar-refractivity contribution in [2.75, 3.05) is 27.3 Å². The summed E-state index contributed by atoms with van der Waals surface area (Å²) in [6.07, 6.45) is 1.24. The highest BCUT2D eigenvalue weighted by atomic mass is 19.1. The summed E-state index contributed by atoms with van der Waals surface area (Å²) < 4.78 is 24.6. The number of aromatic hydroxyl groups is 1. The van der Waals surface area contributed by atoms with E-state index < -0.39 is 11.7 Å². The van der Waals surface area contributed by atoms with Crippen LogP contribution in [-0.4, -0.2) is 43.2 Å². The van der Waals surface area contributed by atoms with Gasteiger partial charge in [-0.3, -0.25) is 4.79 Å². The molecular weight excluding hydrogens is 325 g/mol. The Morgan fingerprint density at radius 3 is 2.12 bits per heavy atom. The molecule has 0 atom stereocenters. The molecule has 0 fully saturated rings. The Morgan fingerprint density at radius 1 is 1.08 bits per heavy atom. The summed E-state index contributed by atoms with van der Waals surface area (Å²) in [7, 11) is 3.16. The first-order chi connectivity index (χ1) is 12.0. The van der Waals surface area contributed by atoms with Crippen LogP contribution in [0.3, 0.4) is 0 Å². The molecule has 2 aromatic carbocycles. The molecule has 1 heterocycles. The number of amides is 1. The van der Waals surface area contributed by atoms with E-state index in [0.717, 1.165) is 11.1 Å². The van der Waals surface area contributed by atoms with Gasteiger partial charge in [0.15, 0.2) is 11.5 Å². The normalized spacial score (nSPS) is 13.8. The van der Waals surface area contributed by atoms with Crippen LogP contribution in [0.1, 0.15) is 21.5 Å². The molecule has 0 aliphatic carbocycles. The zero-order valence-electron chi connectivity index (χ0n) is 14.2. The van der Waals surface area contributed by atoms with Crippen LogP contribution in [0.5, 0.6) is 17.2 Å². The van der Waals surface area contributed by atoms with Gasteiger partial charge >= 0.3 is 0 Å². The standard InChI is InChI=1S/C19H20FNO4/c1-24-16-10-12-6-8-21(9-7-13(12)11-17(16)25-2)19(23)18-14(20)4-3-5-15(18)22/h3-5,10-11,22H,6-9H2,1-2H3. The fraction of sp³-hybridized carbons (Fsp3) is 0.316. The smallest absolute Gasteiger partial charge is 0.260 e. The quantitative estimate of drug-likeness (QED) is 0.929. The lowest BCUT2D eigenvalue weighted by molar-refractivity contribution is 0.0755. The first kappa shape index (κ1) is 17.1. The van der Waals surface area contributed by atoms with Crippen LogP contribution in [0.15, 0.2) is 30.3 Å². The summed E-state index contributed by atoms with van der Waals surface area (Å²) in [5, 5.41) is 9.85. The van der Waals surface area contributed by atoms with E-state index in [0.29, 0.717) is 37.4 Å². The average molecular weight is 345 g/mol. The lowest BCUT2D eigenvalue weighted by Crippen LogP contribution is -2.33. The number of nitrogens with zero attached hydrogens (tertiary/aromatic N) is 1. The molecule has 0 radical (unpaired) electrons. The van der Waals surface area contributed by atoms with Gasteiger partial charge < -0.3 is 19.5 Å². The number of phenolic OH excluding ortho intramolecular Hbond substituents is 1. The lowest BCUT2D eigenvalue weighted by Gasteiger charge is -2.21. The SMILES string of the molecule is COc1cc2c(cc1OC)CCN(C(=O)c1c(O)cccc1F)CC2. The molecule has 3 rings (SSSR count). The Labute approximate surface area is 145 Å². The molecule has 1 aliphatic heterocycles. The Balaban J connectivity index is 1.86. The van der Waals surface area contributed by atoms with Gasteiger partial charge in [0.2, 0.25) is 0 Å². The zero-order valence-corrected chi connectivity index (χ0v) is 14.2. The molecular formula is C19H20FNO4. The predicted molar refractivity (Wildman–Crippen MR) is 90.9 cm³/mol. The van der Waals surface area contributed by atoms with E-state index in [4.69, 9.17) is 9.47 Å². The van der Waals surface area contributed by atoms with E-state index in [1.807, 2.05) is 12.1 Å². The predicted octanol–water partition coefficient (Wildman–Crippen LogP) is 2.79. The highest BCUT2D eigenvalue weighted by Crippen LogP contribution is 2.32. The average Bonchev–Trinajstić information content (AvgIpc) is 2.82. The Hall–Kier alpha value is -2.76. The summed E-state index contributed by atoms with van der Waals surface area (Å²) in [6, 6.07) is 7.71. The number of rotatable bonds is 3. The minimum atomic E-state index is -0.713. The first-order valence-electron chi connectivity index (χ1n) is 8.05. The van der Waals surface area contributed by atoms with E-state index in [1.165, 1.54) is 18.2 Å². The maximum Gasteiger partial charge on any atom is 0.260 e. The van der Waals surface area contributed by atoms with Crippen LogP contribution in [0.4, 0.5) is 4.39 Å². The van der Waals surface area contributed by atoms with E-state index >= 15 is 0 Å². The number of benzene rings is 2. The molecule has 25 heavy (non-hydrogen) atoms. The number of fused-ring (bicyclic) bond motifs is 1. The van der Waals surface area contributed by atoms with Crippen molar-refractivity contribution in [3.8, 4) is 17.2 Å². The van der Waals surface area contributed by atoms with Gasteiger partial charge in [-0.15, -0.1) is 0 Å². The molecule has 1 N–H and O–H groups in total. The molecule has 0 spiro atoms. The van der Waals surface area contributed by atoms with Gasteiger partial charge in [-0.05, 0) is 48.2 Å². The molecule has 0 saturated carbocycles. The van der Waals surface area contributed by atoms with E-state index in [1.54, 1.807) is 19.1 Å². The Morgan fingerprint density at radius 2 is 1.64 bits per heavy atom. The fourth-order valence-electron chi connectivity index (χ4n) is 3.14. The number of phenols is 1. The van der Waals surface area contributed by atoms with Crippen molar-refractivity contribution in [3.63, 3.8) is 0 Å². The van der Waals surface area contributed by atoms with Crippen molar-refractivity contribution in [3.05, 3.63) is 52.8 Å². The molecule has 1 aliphatic rings. The van der Waals surface area contributed by atoms with Crippen molar-refractivity contribution in [2.45, 2.75) is 12.8 Å². The van der Waals surface area contributed by atoms with Crippen LogP contribution in [0, 0.1) is 5.82 Å².